The van der Waals surface area contributed by atoms with Crippen LogP contribution in [0.25, 0.3) is 0 Å². The number of aliphatic hydroxyl groups excluding tert-OH is 3. The maximum absolute atomic E-state index is 12.4. The third-order valence-electron chi connectivity index (χ3n) is 11.9. The van der Waals surface area contributed by atoms with Gasteiger partial charge in [0, 0.05) is 6.42 Å². The molecular formula is C53H101NO4. The van der Waals surface area contributed by atoms with E-state index in [0.29, 0.717) is 12.8 Å². The fourth-order valence-corrected chi connectivity index (χ4v) is 7.94. The molecule has 0 aromatic carbocycles. The molecule has 58 heavy (non-hydrogen) atoms. The SMILES string of the molecule is CCCCC/C=C/CC/C=C/CCCC(O)C(O)C(CO)NC(=O)CCCCCCCCCCCCCCCCCC/C=C\CCCCCCCCCCCCCC. The molecule has 0 saturated heterocycles. The van der Waals surface area contributed by atoms with Crippen molar-refractivity contribution < 1.29 is 20.1 Å². The Kier molecular flexibility index (Phi) is 47.0. The minimum Gasteiger partial charge on any atom is -0.394 e. The number of carbonyl (C=O) groups excluding carboxylic acids is 1. The second-order valence-electron chi connectivity index (χ2n) is 17.7. The summed E-state index contributed by atoms with van der Waals surface area (Å²) in [6.07, 6.45) is 61.6. The molecule has 4 N–H and O–H groups in total. The summed E-state index contributed by atoms with van der Waals surface area (Å²) >= 11 is 0. The predicted molar refractivity (Wildman–Crippen MR) is 254 cm³/mol. The Morgan fingerprint density at radius 1 is 0.414 bits per heavy atom. The first-order valence-corrected chi connectivity index (χ1v) is 25.8. The topological polar surface area (TPSA) is 89.8 Å². The molecule has 5 nitrogen and oxygen atoms in total. The number of carbonyl (C=O) groups is 1. The van der Waals surface area contributed by atoms with Crippen molar-refractivity contribution in [1.82, 2.24) is 5.32 Å². The number of rotatable bonds is 47. The van der Waals surface area contributed by atoms with Gasteiger partial charge in [0.1, 0.15) is 6.10 Å². The summed E-state index contributed by atoms with van der Waals surface area (Å²) in [5, 5.41) is 33.5. The molecule has 0 aliphatic heterocycles. The summed E-state index contributed by atoms with van der Waals surface area (Å²) in [7, 11) is 0. The van der Waals surface area contributed by atoms with Crippen molar-refractivity contribution >= 4 is 5.91 Å². The zero-order valence-electron chi connectivity index (χ0n) is 38.9. The van der Waals surface area contributed by atoms with Crippen LogP contribution in [0, 0.1) is 0 Å². The van der Waals surface area contributed by atoms with Gasteiger partial charge in [0.25, 0.3) is 0 Å². The van der Waals surface area contributed by atoms with E-state index in [-0.39, 0.29) is 12.5 Å². The molecule has 3 atom stereocenters. The van der Waals surface area contributed by atoms with E-state index in [0.717, 1.165) is 44.9 Å². The number of nitrogens with one attached hydrogen (secondary N) is 1. The lowest BCUT2D eigenvalue weighted by atomic mass is 10.0. The molecule has 0 aliphatic carbocycles. The molecule has 342 valence electrons. The van der Waals surface area contributed by atoms with Gasteiger partial charge in [-0.15, -0.1) is 0 Å². The standard InChI is InChI=1S/C53H101NO4/c1-3-5-7-9-11-13-15-17-18-19-20-21-22-23-24-25-26-27-28-29-30-31-32-33-34-35-36-38-40-42-44-46-48-52(57)54-50(49-55)53(58)51(56)47-45-43-41-39-37-16-14-12-10-8-6-4-2/h12,14,23-24,39,41,50-51,53,55-56,58H,3-11,13,15-22,25-38,40,42-49H2,1-2H3,(H,54,57)/b14-12+,24-23-,41-39+. The van der Waals surface area contributed by atoms with Crippen LogP contribution >= 0.6 is 0 Å². The molecule has 0 radical (unpaired) electrons. The molecule has 0 heterocycles. The molecule has 0 rings (SSSR count). The van der Waals surface area contributed by atoms with Crippen LogP contribution in [0.4, 0.5) is 0 Å². The van der Waals surface area contributed by atoms with Gasteiger partial charge in [-0.2, -0.15) is 0 Å². The third-order valence-corrected chi connectivity index (χ3v) is 11.9. The Balaban J connectivity index is 3.50. The Labute approximate surface area is 362 Å². The quantitative estimate of drug-likeness (QED) is 0.0364. The summed E-state index contributed by atoms with van der Waals surface area (Å²) in [5.74, 6) is -0.157. The molecular weight excluding hydrogens is 715 g/mol. The summed E-state index contributed by atoms with van der Waals surface area (Å²) in [5.41, 5.74) is 0. The molecule has 0 spiro atoms. The van der Waals surface area contributed by atoms with Crippen LogP contribution in [0.2, 0.25) is 0 Å². The highest BCUT2D eigenvalue weighted by molar-refractivity contribution is 5.76. The first-order valence-electron chi connectivity index (χ1n) is 25.8. The number of allylic oxidation sites excluding steroid dienone is 6. The first kappa shape index (κ1) is 56.6. The van der Waals surface area contributed by atoms with Gasteiger partial charge in [-0.05, 0) is 77.0 Å². The smallest absolute Gasteiger partial charge is 0.220 e. The number of hydrogen-bond donors (Lipinski definition) is 4. The van der Waals surface area contributed by atoms with Gasteiger partial charge in [-0.3, -0.25) is 4.79 Å². The lowest BCUT2D eigenvalue weighted by Gasteiger charge is -2.26. The van der Waals surface area contributed by atoms with E-state index in [2.05, 4.69) is 55.6 Å². The molecule has 0 fully saturated rings. The number of unbranched alkanes of at least 4 members (excludes halogenated alkanes) is 33. The molecule has 0 aromatic rings. The van der Waals surface area contributed by atoms with Crippen LogP contribution in [0.3, 0.4) is 0 Å². The normalized spacial score (nSPS) is 13.7. The van der Waals surface area contributed by atoms with E-state index in [9.17, 15) is 20.1 Å². The van der Waals surface area contributed by atoms with Crippen LogP contribution < -0.4 is 5.32 Å². The largest absolute Gasteiger partial charge is 0.394 e. The second kappa shape index (κ2) is 48.2. The maximum atomic E-state index is 12.4. The van der Waals surface area contributed by atoms with E-state index in [1.165, 1.54) is 199 Å². The average Bonchev–Trinajstić information content (AvgIpc) is 3.23. The summed E-state index contributed by atoms with van der Waals surface area (Å²) in [4.78, 5) is 12.4. The minimum atomic E-state index is -1.16. The highest BCUT2D eigenvalue weighted by Gasteiger charge is 2.26. The molecule has 3 unspecified atom stereocenters. The van der Waals surface area contributed by atoms with Crippen molar-refractivity contribution in [2.75, 3.05) is 6.61 Å². The average molecular weight is 816 g/mol. The fraction of sp³-hybridized carbons (Fsp3) is 0.868. The molecule has 5 heteroatoms. The van der Waals surface area contributed by atoms with Crippen molar-refractivity contribution in [1.29, 1.82) is 0 Å². The van der Waals surface area contributed by atoms with Crippen LogP contribution in [0.1, 0.15) is 271 Å². The van der Waals surface area contributed by atoms with Gasteiger partial charge < -0.3 is 20.6 Å². The highest BCUT2D eigenvalue weighted by atomic mass is 16.3. The van der Waals surface area contributed by atoms with Gasteiger partial charge in [-0.25, -0.2) is 0 Å². The highest BCUT2D eigenvalue weighted by Crippen LogP contribution is 2.16. The van der Waals surface area contributed by atoms with Gasteiger partial charge >= 0.3 is 0 Å². The van der Waals surface area contributed by atoms with Crippen molar-refractivity contribution in [2.45, 2.75) is 289 Å². The Hall–Kier alpha value is -1.43. The zero-order valence-corrected chi connectivity index (χ0v) is 38.9. The van der Waals surface area contributed by atoms with E-state index in [4.69, 9.17) is 0 Å². The minimum absolute atomic E-state index is 0.157. The summed E-state index contributed by atoms with van der Waals surface area (Å²) in [6, 6.07) is -0.830. The lowest BCUT2D eigenvalue weighted by Crippen LogP contribution is -2.50. The van der Waals surface area contributed by atoms with E-state index >= 15 is 0 Å². The van der Waals surface area contributed by atoms with Crippen molar-refractivity contribution in [2.24, 2.45) is 0 Å². The molecule has 1 amide bonds. The van der Waals surface area contributed by atoms with Crippen LogP contribution in [-0.4, -0.2) is 46.1 Å². The monoisotopic (exact) mass is 816 g/mol. The second-order valence-corrected chi connectivity index (χ2v) is 17.7. The van der Waals surface area contributed by atoms with Gasteiger partial charge in [0.15, 0.2) is 0 Å². The van der Waals surface area contributed by atoms with E-state index < -0.39 is 18.2 Å². The molecule has 0 aromatic heterocycles. The third kappa shape index (κ3) is 42.7. The Morgan fingerprint density at radius 2 is 0.707 bits per heavy atom. The Morgan fingerprint density at radius 3 is 1.09 bits per heavy atom. The number of aliphatic hydroxyl groups is 3. The van der Waals surface area contributed by atoms with Crippen LogP contribution in [0.15, 0.2) is 36.5 Å². The van der Waals surface area contributed by atoms with E-state index in [1.54, 1.807) is 0 Å². The van der Waals surface area contributed by atoms with Gasteiger partial charge in [-0.1, -0.05) is 224 Å². The first-order chi connectivity index (χ1) is 28.6. The summed E-state index contributed by atoms with van der Waals surface area (Å²) in [6.45, 7) is 4.14. The zero-order chi connectivity index (χ0) is 42.3. The Bertz CT molecular complexity index is 901. The van der Waals surface area contributed by atoms with Crippen molar-refractivity contribution in [3.63, 3.8) is 0 Å². The molecule has 0 bridgehead atoms. The van der Waals surface area contributed by atoms with E-state index in [1.807, 2.05) is 0 Å². The summed E-state index contributed by atoms with van der Waals surface area (Å²) < 4.78 is 0. The number of hydrogen-bond acceptors (Lipinski definition) is 4. The predicted octanol–water partition coefficient (Wildman–Crippen LogP) is 15.5. The van der Waals surface area contributed by atoms with Crippen molar-refractivity contribution in [3.05, 3.63) is 36.5 Å². The van der Waals surface area contributed by atoms with Crippen molar-refractivity contribution in [3.8, 4) is 0 Å². The van der Waals surface area contributed by atoms with Crippen LogP contribution in [0.5, 0.6) is 0 Å². The number of amides is 1. The lowest BCUT2D eigenvalue weighted by molar-refractivity contribution is -0.124. The molecule has 0 saturated carbocycles. The fourth-order valence-electron chi connectivity index (χ4n) is 7.94. The van der Waals surface area contributed by atoms with Gasteiger partial charge in [0.05, 0.1) is 18.8 Å². The maximum Gasteiger partial charge on any atom is 0.220 e. The van der Waals surface area contributed by atoms with Crippen LogP contribution in [-0.2, 0) is 4.79 Å². The molecule has 0 aliphatic rings. The van der Waals surface area contributed by atoms with Gasteiger partial charge in [0.2, 0.25) is 5.91 Å².